The molecule has 0 atom stereocenters. The second-order valence-electron chi connectivity index (χ2n) is 7.23. The van der Waals surface area contributed by atoms with Gasteiger partial charge in [-0.15, -0.1) is 0 Å². The van der Waals surface area contributed by atoms with Crippen LogP contribution in [-0.2, 0) is 6.54 Å². The van der Waals surface area contributed by atoms with Crippen molar-refractivity contribution in [2.45, 2.75) is 50.6 Å². The molecule has 5 heteroatoms. The fourth-order valence-electron chi connectivity index (χ4n) is 5.26. The molecule has 4 bridgehead atoms. The van der Waals surface area contributed by atoms with Gasteiger partial charge in [-0.1, -0.05) is 0 Å². The Morgan fingerprint density at radius 1 is 1.19 bits per heavy atom. The zero-order valence-electron chi connectivity index (χ0n) is 12.7. The molecule has 5 rings (SSSR count). The third kappa shape index (κ3) is 2.83. The van der Waals surface area contributed by atoms with Crippen LogP contribution in [0.4, 0.5) is 0 Å². The van der Waals surface area contributed by atoms with E-state index in [2.05, 4.69) is 10.3 Å². The fourth-order valence-corrected chi connectivity index (χ4v) is 5.26. The van der Waals surface area contributed by atoms with E-state index in [1.165, 1.54) is 38.5 Å². The van der Waals surface area contributed by atoms with Crippen LogP contribution in [0.3, 0.4) is 0 Å². The molecule has 1 radical (unpaired) electrons. The molecule has 4 nitrogen and oxygen atoms in total. The zero-order valence-corrected chi connectivity index (χ0v) is 14.7. The Morgan fingerprint density at radius 2 is 1.76 bits per heavy atom. The van der Waals surface area contributed by atoms with Gasteiger partial charge in [0.15, 0.2) is 5.75 Å². The molecule has 3 N–H and O–H groups in total. The summed E-state index contributed by atoms with van der Waals surface area (Å²) in [5, 5.41) is 13.5. The summed E-state index contributed by atoms with van der Waals surface area (Å²) >= 11 is 0. The van der Waals surface area contributed by atoms with Gasteiger partial charge in [0.2, 0.25) is 0 Å². The molecule has 4 saturated carbocycles. The largest absolute Gasteiger partial charge is 0.503 e. The molecule has 0 unspecified atom stereocenters. The van der Waals surface area contributed by atoms with Crippen molar-refractivity contribution in [2.75, 3.05) is 0 Å². The minimum Gasteiger partial charge on any atom is -0.503 e. The van der Waals surface area contributed by atoms with Crippen molar-refractivity contribution in [1.29, 1.82) is 0 Å². The Kier molecular flexibility index (Phi) is 4.25. The van der Waals surface area contributed by atoms with Crippen LogP contribution in [0.25, 0.3) is 0 Å². The number of rotatable bonds is 3. The molecule has 4 fully saturated rings. The maximum atomic E-state index is 11.4. The van der Waals surface area contributed by atoms with Crippen LogP contribution in [0.1, 0.15) is 44.1 Å². The second kappa shape index (κ2) is 5.73. The maximum Gasteiger partial charge on any atom is 0.290 e. The van der Waals surface area contributed by atoms with Crippen molar-refractivity contribution in [3.05, 3.63) is 28.2 Å². The van der Waals surface area contributed by atoms with E-state index in [-0.39, 0.29) is 40.8 Å². The molecule has 0 amide bonds. The van der Waals surface area contributed by atoms with Crippen LogP contribution in [0.15, 0.2) is 17.1 Å². The molecule has 1 heterocycles. The van der Waals surface area contributed by atoms with E-state index in [1.54, 1.807) is 12.3 Å². The first-order valence-corrected chi connectivity index (χ1v) is 7.78. The Balaban J connectivity index is 0.00000132. The molecular weight excluding hydrogens is 275 g/mol. The average Bonchev–Trinajstić information content (AvgIpc) is 2.39. The van der Waals surface area contributed by atoms with Gasteiger partial charge in [-0.2, -0.15) is 0 Å². The van der Waals surface area contributed by atoms with Gasteiger partial charge < -0.3 is 15.4 Å². The van der Waals surface area contributed by atoms with Gasteiger partial charge in [-0.05, 0) is 62.3 Å². The minimum absolute atomic E-state index is 0. The number of H-pyrrole nitrogens is 1. The van der Waals surface area contributed by atoms with Crippen LogP contribution < -0.4 is 10.9 Å². The molecule has 0 saturated heterocycles. The number of aromatic nitrogens is 1. The van der Waals surface area contributed by atoms with Crippen molar-refractivity contribution in [1.82, 2.24) is 10.3 Å². The minimum atomic E-state index is -0.394. The van der Waals surface area contributed by atoms with Gasteiger partial charge in [-0.25, -0.2) is 0 Å². The third-order valence-corrected chi connectivity index (χ3v) is 5.71. The summed E-state index contributed by atoms with van der Waals surface area (Å²) < 4.78 is 0. The van der Waals surface area contributed by atoms with Crippen LogP contribution in [0.2, 0.25) is 0 Å². The fraction of sp³-hybridized carbons (Fsp3) is 0.688. The molecule has 0 aromatic carbocycles. The van der Waals surface area contributed by atoms with Crippen molar-refractivity contribution in [2.24, 2.45) is 17.8 Å². The Hall–Kier alpha value is -0.290. The summed E-state index contributed by atoms with van der Waals surface area (Å²) in [6.07, 6.45) is 9.74. The molecule has 109 valence electrons. The average molecular weight is 297 g/mol. The SMILES string of the molecule is O=c1[nH]ccc(CNC23CC4CC(CC(C4)C2)C3)c1O.[Na]. The molecule has 0 spiro atoms. The number of nitrogens with one attached hydrogen (secondary N) is 2. The summed E-state index contributed by atoms with van der Waals surface area (Å²) in [5.74, 6) is 2.58. The van der Waals surface area contributed by atoms with E-state index < -0.39 is 5.56 Å². The maximum absolute atomic E-state index is 11.4. The number of hydrogen-bond acceptors (Lipinski definition) is 3. The van der Waals surface area contributed by atoms with Crippen LogP contribution in [-0.4, -0.2) is 45.2 Å². The van der Waals surface area contributed by atoms with E-state index in [0.29, 0.717) is 12.1 Å². The number of aromatic amines is 1. The van der Waals surface area contributed by atoms with Crippen LogP contribution in [0.5, 0.6) is 5.75 Å². The first-order valence-electron chi connectivity index (χ1n) is 7.78. The summed E-state index contributed by atoms with van der Waals surface area (Å²) in [4.78, 5) is 13.9. The molecule has 4 aliphatic carbocycles. The molecule has 1 aromatic heterocycles. The number of aromatic hydroxyl groups is 1. The van der Waals surface area contributed by atoms with E-state index in [0.717, 1.165) is 17.8 Å². The van der Waals surface area contributed by atoms with Crippen LogP contribution in [0, 0.1) is 17.8 Å². The summed E-state index contributed by atoms with van der Waals surface area (Å²) in [6.45, 7) is 0.599. The molecular formula is C16H22N2NaO2. The number of hydrogen-bond donors (Lipinski definition) is 3. The molecule has 4 aliphatic rings. The summed E-state index contributed by atoms with van der Waals surface area (Å²) in [5.41, 5.74) is 0.586. The quantitative estimate of drug-likeness (QED) is 0.745. The topological polar surface area (TPSA) is 65.1 Å². The Labute approximate surface area is 147 Å². The van der Waals surface area contributed by atoms with Crippen molar-refractivity contribution >= 4 is 29.6 Å². The Bertz CT molecular complexity index is 549. The monoisotopic (exact) mass is 297 g/mol. The van der Waals surface area contributed by atoms with Gasteiger partial charge in [0, 0.05) is 53.4 Å². The first-order chi connectivity index (χ1) is 9.63. The molecule has 1 aromatic rings. The summed E-state index contributed by atoms with van der Waals surface area (Å²) in [6, 6.07) is 1.80. The molecule has 21 heavy (non-hydrogen) atoms. The van der Waals surface area contributed by atoms with E-state index in [1.807, 2.05) is 0 Å². The predicted octanol–water partition coefficient (Wildman–Crippen LogP) is 1.76. The second-order valence-corrected chi connectivity index (χ2v) is 7.23. The first kappa shape index (κ1) is 15.6. The van der Waals surface area contributed by atoms with Crippen molar-refractivity contribution in [3.8, 4) is 5.75 Å². The van der Waals surface area contributed by atoms with Gasteiger partial charge in [0.25, 0.3) is 5.56 Å². The van der Waals surface area contributed by atoms with E-state index in [9.17, 15) is 9.90 Å². The van der Waals surface area contributed by atoms with E-state index in [4.69, 9.17) is 0 Å². The Morgan fingerprint density at radius 3 is 2.33 bits per heavy atom. The summed E-state index contributed by atoms with van der Waals surface area (Å²) in [7, 11) is 0. The molecule has 0 aliphatic heterocycles. The zero-order chi connectivity index (χ0) is 13.7. The number of pyridine rings is 1. The van der Waals surface area contributed by atoms with Crippen molar-refractivity contribution < 1.29 is 5.11 Å². The predicted molar refractivity (Wildman–Crippen MR) is 82.2 cm³/mol. The van der Waals surface area contributed by atoms with Gasteiger partial charge in [-0.3, -0.25) is 4.79 Å². The third-order valence-electron chi connectivity index (χ3n) is 5.71. The standard InChI is InChI=1S/C16H22N2O2.Na/c19-14-13(1-2-17-15(14)20)9-18-16-6-10-3-11(7-16)5-12(4-10)8-16;/h1-2,10-12,18-19H,3-9H2,(H,17,20);. The normalized spacial score (nSPS) is 36.5. The van der Waals surface area contributed by atoms with E-state index >= 15 is 0 Å². The van der Waals surface area contributed by atoms with Gasteiger partial charge >= 0.3 is 0 Å². The van der Waals surface area contributed by atoms with Crippen molar-refractivity contribution in [3.63, 3.8) is 0 Å². The smallest absolute Gasteiger partial charge is 0.290 e. The van der Waals surface area contributed by atoms with Gasteiger partial charge in [0.1, 0.15) is 0 Å². The van der Waals surface area contributed by atoms with Gasteiger partial charge in [0.05, 0.1) is 0 Å². The van der Waals surface area contributed by atoms with Crippen LogP contribution >= 0.6 is 0 Å².